The second-order valence-corrected chi connectivity index (χ2v) is 4.90. The zero-order valence-corrected chi connectivity index (χ0v) is 11.3. The third-order valence-electron chi connectivity index (χ3n) is 3.48. The van der Waals surface area contributed by atoms with Crippen LogP contribution in [0, 0.1) is 5.82 Å². The van der Waals surface area contributed by atoms with Gasteiger partial charge in [-0.1, -0.05) is 30.3 Å². The number of aliphatic imine (C=N–C) groups is 1. The van der Waals surface area contributed by atoms with Crippen LogP contribution in [0.4, 0.5) is 4.39 Å². The Morgan fingerprint density at radius 1 is 1.15 bits per heavy atom. The molecule has 0 saturated carbocycles. The molecule has 1 aliphatic rings. The fourth-order valence-corrected chi connectivity index (χ4v) is 2.42. The van der Waals surface area contributed by atoms with Crippen LogP contribution < -0.4 is 4.74 Å². The summed E-state index contributed by atoms with van der Waals surface area (Å²) in [4.78, 5) is 4.76. The van der Waals surface area contributed by atoms with Crippen LogP contribution >= 0.6 is 0 Å². The summed E-state index contributed by atoms with van der Waals surface area (Å²) in [5.74, 6) is 0.464. The maximum atomic E-state index is 13.4. The van der Waals surface area contributed by atoms with E-state index in [9.17, 15) is 4.39 Å². The maximum absolute atomic E-state index is 13.4. The van der Waals surface area contributed by atoms with E-state index in [1.165, 1.54) is 12.1 Å². The van der Waals surface area contributed by atoms with Gasteiger partial charge in [-0.15, -0.1) is 0 Å². The summed E-state index contributed by atoms with van der Waals surface area (Å²) in [6.07, 6.45) is 0.716. The molecule has 102 valence electrons. The molecule has 0 amide bonds. The average Bonchev–Trinajstić information content (AvgIpc) is 2.49. The third kappa shape index (κ3) is 2.57. The predicted molar refractivity (Wildman–Crippen MR) is 77.9 cm³/mol. The van der Waals surface area contributed by atoms with E-state index in [4.69, 9.17) is 9.73 Å². The normalized spacial score (nSPS) is 17.4. The zero-order valence-electron chi connectivity index (χ0n) is 11.3. The quantitative estimate of drug-likeness (QED) is 0.802. The maximum Gasteiger partial charge on any atom is 0.128 e. The Balaban J connectivity index is 1.96. The number of fused-ring (bicyclic) bond motifs is 1. The van der Waals surface area contributed by atoms with Gasteiger partial charge in [0.25, 0.3) is 0 Å². The Morgan fingerprint density at radius 2 is 1.95 bits per heavy atom. The van der Waals surface area contributed by atoms with Gasteiger partial charge >= 0.3 is 0 Å². The van der Waals surface area contributed by atoms with Crippen molar-refractivity contribution in [3.8, 4) is 5.75 Å². The largest absolute Gasteiger partial charge is 0.492 e. The van der Waals surface area contributed by atoms with Crippen molar-refractivity contribution < 1.29 is 9.13 Å². The van der Waals surface area contributed by atoms with Crippen molar-refractivity contribution in [1.29, 1.82) is 0 Å². The lowest BCUT2D eigenvalue weighted by atomic mass is 10.0. The van der Waals surface area contributed by atoms with Crippen molar-refractivity contribution in [3.63, 3.8) is 0 Å². The lowest BCUT2D eigenvalue weighted by Crippen LogP contribution is -2.17. The fourth-order valence-electron chi connectivity index (χ4n) is 2.42. The number of halogens is 1. The van der Waals surface area contributed by atoms with E-state index in [2.05, 4.69) is 19.1 Å². The van der Waals surface area contributed by atoms with Gasteiger partial charge in [-0.2, -0.15) is 0 Å². The summed E-state index contributed by atoms with van der Waals surface area (Å²) in [7, 11) is 0. The van der Waals surface area contributed by atoms with Crippen molar-refractivity contribution in [2.45, 2.75) is 19.4 Å². The Kier molecular flexibility index (Phi) is 3.50. The lowest BCUT2D eigenvalue weighted by Gasteiger charge is -2.20. The highest BCUT2D eigenvalue weighted by Gasteiger charge is 2.18. The van der Waals surface area contributed by atoms with Gasteiger partial charge < -0.3 is 4.74 Å². The first kappa shape index (κ1) is 12.9. The second-order valence-electron chi connectivity index (χ2n) is 4.90. The van der Waals surface area contributed by atoms with Crippen LogP contribution in [0.15, 0.2) is 53.5 Å². The van der Waals surface area contributed by atoms with Crippen LogP contribution in [0.2, 0.25) is 0 Å². The third-order valence-corrected chi connectivity index (χ3v) is 3.48. The summed E-state index contributed by atoms with van der Waals surface area (Å²) in [5.41, 5.74) is 2.85. The van der Waals surface area contributed by atoms with Gasteiger partial charge in [0.2, 0.25) is 0 Å². The highest BCUT2D eigenvalue weighted by Crippen LogP contribution is 2.28. The highest BCUT2D eigenvalue weighted by atomic mass is 19.1. The number of benzene rings is 2. The van der Waals surface area contributed by atoms with E-state index in [-0.39, 0.29) is 11.9 Å². The van der Waals surface area contributed by atoms with Gasteiger partial charge in [-0.05, 0) is 30.7 Å². The molecule has 0 aliphatic carbocycles. The van der Waals surface area contributed by atoms with Gasteiger partial charge in [-0.25, -0.2) is 4.39 Å². The molecule has 20 heavy (non-hydrogen) atoms. The Morgan fingerprint density at radius 3 is 2.75 bits per heavy atom. The predicted octanol–water partition coefficient (Wildman–Crippen LogP) is 4.16. The average molecular weight is 269 g/mol. The number of rotatable bonds is 2. The van der Waals surface area contributed by atoms with Gasteiger partial charge in [0.05, 0.1) is 12.6 Å². The molecule has 3 heteroatoms. The highest BCUT2D eigenvalue weighted by molar-refractivity contribution is 6.03. The zero-order chi connectivity index (χ0) is 13.9. The molecule has 0 unspecified atom stereocenters. The molecule has 0 bridgehead atoms. The van der Waals surface area contributed by atoms with Crippen molar-refractivity contribution in [1.82, 2.24) is 0 Å². The SMILES string of the molecule is C[C@H](/N=C1/CCOc2ccc(F)cc21)c1ccccc1. The van der Waals surface area contributed by atoms with Crippen molar-refractivity contribution in [2.75, 3.05) is 6.61 Å². The topological polar surface area (TPSA) is 21.6 Å². The van der Waals surface area contributed by atoms with E-state index < -0.39 is 0 Å². The van der Waals surface area contributed by atoms with Crippen LogP contribution in [0.1, 0.15) is 30.5 Å². The molecule has 0 saturated heterocycles. The Labute approximate surface area is 117 Å². The van der Waals surface area contributed by atoms with Gasteiger partial charge in [-0.3, -0.25) is 4.99 Å². The lowest BCUT2D eigenvalue weighted by molar-refractivity contribution is 0.319. The molecule has 1 heterocycles. The van der Waals surface area contributed by atoms with Gasteiger partial charge in [0.15, 0.2) is 0 Å². The van der Waals surface area contributed by atoms with Crippen molar-refractivity contribution in [2.24, 2.45) is 4.99 Å². The summed E-state index contributed by atoms with van der Waals surface area (Å²) >= 11 is 0. The van der Waals surface area contributed by atoms with Gasteiger partial charge in [0, 0.05) is 17.7 Å². The standard InChI is InChI=1S/C17H16FNO/c1-12(13-5-3-2-4-6-13)19-16-9-10-20-17-8-7-14(18)11-15(16)17/h2-8,11-12H,9-10H2,1H3/b19-16-/t12-/m0/s1. The minimum Gasteiger partial charge on any atom is -0.492 e. The first-order valence-corrected chi connectivity index (χ1v) is 6.78. The molecule has 2 nitrogen and oxygen atoms in total. The molecule has 2 aromatic rings. The smallest absolute Gasteiger partial charge is 0.128 e. The van der Waals surface area contributed by atoms with Crippen LogP contribution in [-0.4, -0.2) is 12.3 Å². The molecule has 0 spiro atoms. The number of hydrogen-bond acceptors (Lipinski definition) is 2. The molecule has 2 aromatic carbocycles. The summed E-state index contributed by atoms with van der Waals surface area (Å²) in [6.45, 7) is 2.65. The molecule has 0 radical (unpaired) electrons. The van der Waals surface area contributed by atoms with E-state index in [1.54, 1.807) is 6.07 Å². The molecule has 3 rings (SSSR count). The van der Waals surface area contributed by atoms with Crippen molar-refractivity contribution >= 4 is 5.71 Å². The Hall–Kier alpha value is -2.16. The Bertz CT molecular complexity index is 637. The molecule has 0 fully saturated rings. The van der Waals surface area contributed by atoms with Crippen LogP contribution in [0.5, 0.6) is 5.75 Å². The number of ether oxygens (including phenoxy) is 1. The summed E-state index contributed by atoms with van der Waals surface area (Å²) < 4.78 is 19.0. The van der Waals surface area contributed by atoms with Crippen LogP contribution in [0.25, 0.3) is 0 Å². The summed E-state index contributed by atoms with van der Waals surface area (Å²) in [6, 6.07) is 14.8. The second kappa shape index (κ2) is 5.45. The number of nitrogens with zero attached hydrogens (tertiary/aromatic N) is 1. The van der Waals surface area contributed by atoms with E-state index in [0.29, 0.717) is 13.0 Å². The molecular formula is C17H16FNO. The minimum absolute atomic E-state index is 0.0559. The van der Waals surface area contributed by atoms with Crippen LogP contribution in [0.3, 0.4) is 0 Å². The molecule has 1 aliphatic heterocycles. The summed E-state index contributed by atoms with van der Waals surface area (Å²) in [5, 5.41) is 0. The number of hydrogen-bond donors (Lipinski definition) is 0. The fraction of sp³-hybridized carbons (Fsp3) is 0.235. The minimum atomic E-state index is -0.255. The molecule has 0 aromatic heterocycles. The first-order valence-electron chi connectivity index (χ1n) is 6.78. The van der Waals surface area contributed by atoms with E-state index in [1.807, 2.05) is 18.2 Å². The molecule has 0 N–H and O–H groups in total. The van der Waals surface area contributed by atoms with Gasteiger partial charge in [0.1, 0.15) is 11.6 Å². The first-order chi connectivity index (χ1) is 9.74. The molecular weight excluding hydrogens is 253 g/mol. The van der Waals surface area contributed by atoms with Crippen molar-refractivity contribution in [3.05, 3.63) is 65.5 Å². The monoisotopic (exact) mass is 269 g/mol. The molecule has 1 atom stereocenters. The van der Waals surface area contributed by atoms with Crippen LogP contribution in [-0.2, 0) is 0 Å². The van der Waals surface area contributed by atoms with E-state index in [0.717, 1.165) is 22.6 Å². The van der Waals surface area contributed by atoms with E-state index >= 15 is 0 Å².